The topological polar surface area (TPSA) is 46.6 Å². The van der Waals surface area contributed by atoms with E-state index >= 15 is 0 Å². The summed E-state index contributed by atoms with van der Waals surface area (Å²) in [6.07, 6.45) is 0.343. The zero-order valence-corrected chi connectivity index (χ0v) is 10.7. The number of ether oxygens (including phenoxy) is 1. The van der Waals surface area contributed by atoms with Crippen LogP contribution in [-0.2, 0) is 14.3 Å². The lowest BCUT2D eigenvalue weighted by Gasteiger charge is -2.17. The minimum Gasteiger partial charge on any atom is -0.469 e. The molecule has 1 atom stereocenters. The fourth-order valence-electron chi connectivity index (χ4n) is 2.30. The van der Waals surface area contributed by atoms with Crippen LogP contribution in [0.5, 0.6) is 0 Å². The van der Waals surface area contributed by atoms with Gasteiger partial charge in [0.15, 0.2) is 0 Å². The standard InChI is InChI=1S/C14H17NO3/c1-10-9-15(12-6-4-3-5-11(10)12)13(16)7-8-14(17)18-2/h3-6,10H,7-9H2,1-2H3. The van der Waals surface area contributed by atoms with Crippen molar-refractivity contribution in [3.8, 4) is 0 Å². The first kappa shape index (κ1) is 12.6. The number of para-hydroxylation sites is 1. The van der Waals surface area contributed by atoms with E-state index in [2.05, 4.69) is 11.7 Å². The van der Waals surface area contributed by atoms with E-state index in [1.54, 1.807) is 4.90 Å². The lowest BCUT2D eigenvalue weighted by Crippen LogP contribution is -2.29. The van der Waals surface area contributed by atoms with Gasteiger partial charge in [-0.25, -0.2) is 0 Å². The van der Waals surface area contributed by atoms with Gasteiger partial charge >= 0.3 is 5.97 Å². The summed E-state index contributed by atoms with van der Waals surface area (Å²) < 4.78 is 4.54. The second-order valence-corrected chi connectivity index (χ2v) is 4.54. The first-order valence-corrected chi connectivity index (χ1v) is 6.09. The van der Waals surface area contributed by atoms with Crippen LogP contribution in [0.2, 0.25) is 0 Å². The largest absolute Gasteiger partial charge is 0.469 e. The summed E-state index contributed by atoms with van der Waals surface area (Å²) in [5.41, 5.74) is 2.17. The van der Waals surface area contributed by atoms with E-state index in [4.69, 9.17) is 0 Å². The molecule has 18 heavy (non-hydrogen) atoms. The molecular formula is C14H17NO3. The maximum Gasteiger partial charge on any atom is 0.306 e. The predicted molar refractivity (Wildman–Crippen MR) is 68.5 cm³/mol. The average molecular weight is 247 g/mol. The number of fused-ring (bicyclic) bond motifs is 1. The van der Waals surface area contributed by atoms with E-state index in [1.807, 2.05) is 24.3 Å². The van der Waals surface area contributed by atoms with Crippen LogP contribution < -0.4 is 4.90 Å². The molecule has 0 aliphatic carbocycles. The maximum atomic E-state index is 12.1. The van der Waals surface area contributed by atoms with Crippen molar-refractivity contribution in [2.75, 3.05) is 18.6 Å². The average Bonchev–Trinajstić information content (AvgIpc) is 2.74. The molecule has 96 valence electrons. The third kappa shape index (κ3) is 2.37. The van der Waals surface area contributed by atoms with Crippen LogP contribution in [0.4, 0.5) is 5.69 Å². The number of methoxy groups -OCH3 is 1. The summed E-state index contributed by atoms with van der Waals surface area (Å²) in [6, 6.07) is 7.91. The molecule has 0 saturated carbocycles. The minimum atomic E-state index is -0.344. The zero-order valence-electron chi connectivity index (χ0n) is 10.7. The van der Waals surface area contributed by atoms with Crippen LogP contribution in [0.3, 0.4) is 0 Å². The van der Waals surface area contributed by atoms with Gasteiger partial charge in [0.2, 0.25) is 5.91 Å². The Morgan fingerprint density at radius 2 is 2.06 bits per heavy atom. The van der Waals surface area contributed by atoms with Gasteiger partial charge in [0, 0.05) is 24.6 Å². The predicted octanol–water partition coefficient (Wildman–Crippen LogP) is 2.09. The first-order valence-electron chi connectivity index (χ1n) is 6.09. The third-order valence-corrected chi connectivity index (χ3v) is 3.29. The molecule has 2 rings (SSSR count). The monoisotopic (exact) mass is 247 g/mol. The Hall–Kier alpha value is -1.84. The molecule has 4 nitrogen and oxygen atoms in total. The van der Waals surface area contributed by atoms with Crippen LogP contribution >= 0.6 is 0 Å². The number of carbonyl (C=O) groups is 2. The van der Waals surface area contributed by atoms with E-state index in [-0.39, 0.29) is 24.7 Å². The van der Waals surface area contributed by atoms with Crippen molar-refractivity contribution in [2.45, 2.75) is 25.7 Å². The highest BCUT2D eigenvalue weighted by molar-refractivity contribution is 5.97. The Balaban J connectivity index is 2.07. The Morgan fingerprint density at radius 3 is 2.78 bits per heavy atom. The fourth-order valence-corrected chi connectivity index (χ4v) is 2.30. The van der Waals surface area contributed by atoms with E-state index in [1.165, 1.54) is 12.7 Å². The molecule has 1 aromatic rings. The van der Waals surface area contributed by atoms with Crippen LogP contribution in [0, 0.1) is 0 Å². The zero-order chi connectivity index (χ0) is 13.1. The Kier molecular flexibility index (Phi) is 3.65. The highest BCUT2D eigenvalue weighted by Gasteiger charge is 2.29. The molecule has 0 saturated heterocycles. The SMILES string of the molecule is COC(=O)CCC(=O)N1CC(C)c2ccccc21. The normalized spacial score (nSPS) is 17.4. The highest BCUT2D eigenvalue weighted by atomic mass is 16.5. The number of hydrogen-bond donors (Lipinski definition) is 0. The van der Waals surface area contributed by atoms with Crippen molar-refractivity contribution in [1.29, 1.82) is 0 Å². The third-order valence-electron chi connectivity index (χ3n) is 3.29. The van der Waals surface area contributed by atoms with Gasteiger partial charge in [0.05, 0.1) is 13.5 Å². The molecule has 0 radical (unpaired) electrons. The summed E-state index contributed by atoms with van der Waals surface area (Å²) in [7, 11) is 1.33. The minimum absolute atomic E-state index is 0.0165. The summed E-state index contributed by atoms with van der Waals surface area (Å²) in [5.74, 6) is -0.00985. The van der Waals surface area contributed by atoms with Crippen molar-refractivity contribution >= 4 is 17.6 Å². The van der Waals surface area contributed by atoms with Gasteiger partial charge in [-0.1, -0.05) is 25.1 Å². The quantitative estimate of drug-likeness (QED) is 0.768. The Labute approximate surface area is 107 Å². The van der Waals surface area contributed by atoms with Gasteiger partial charge in [-0.15, -0.1) is 0 Å². The molecule has 1 aromatic carbocycles. The number of rotatable bonds is 3. The number of anilines is 1. The van der Waals surface area contributed by atoms with Crippen LogP contribution in [0.25, 0.3) is 0 Å². The lowest BCUT2D eigenvalue weighted by molar-refractivity contribution is -0.141. The molecule has 1 aliphatic rings. The molecule has 1 aliphatic heterocycles. The van der Waals surface area contributed by atoms with Gasteiger partial charge in [0.25, 0.3) is 0 Å². The van der Waals surface area contributed by atoms with Gasteiger partial charge in [0.1, 0.15) is 0 Å². The van der Waals surface area contributed by atoms with Gasteiger partial charge in [-0.2, -0.15) is 0 Å². The van der Waals surface area contributed by atoms with E-state index in [0.29, 0.717) is 12.5 Å². The molecule has 1 unspecified atom stereocenters. The Morgan fingerprint density at radius 1 is 1.33 bits per heavy atom. The van der Waals surface area contributed by atoms with Crippen molar-refractivity contribution in [2.24, 2.45) is 0 Å². The molecule has 1 heterocycles. The molecule has 0 aromatic heterocycles. The van der Waals surface area contributed by atoms with Crippen molar-refractivity contribution in [3.05, 3.63) is 29.8 Å². The molecule has 0 fully saturated rings. The van der Waals surface area contributed by atoms with Crippen molar-refractivity contribution in [1.82, 2.24) is 0 Å². The molecule has 0 bridgehead atoms. The Bertz CT molecular complexity index is 470. The molecule has 4 heteroatoms. The van der Waals surface area contributed by atoms with E-state index in [0.717, 1.165) is 5.69 Å². The number of benzene rings is 1. The first-order chi connectivity index (χ1) is 8.63. The second-order valence-electron chi connectivity index (χ2n) is 4.54. The maximum absolute atomic E-state index is 12.1. The lowest BCUT2D eigenvalue weighted by atomic mass is 10.0. The van der Waals surface area contributed by atoms with Crippen molar-refractivity contribution < 1.29 is 14.3 Å². The van der Waals surface area contributed by atoms with Crippen molar-refractivity contribution in [3.63, 3.8) is 0 Å². The van der Waals surface area contributed by atoms with Crippen LogP contribution in [-0.4, -0.2) is 25.5 Å². The summed E-state index contributed by atoms with van der Waals surface area (Å²) in [6.45, 7) is 2.80. The van der Waals surface area contributed by atoms with E-state index < -0.39 is 0 Å². The molecular weight excluding hydrogens is 230 g/mol. The molecule has 1 amide bonds. The van der Waals surface area contributed by atoms with Crippen LogP contribution in [0.1, 0.15) is 31.2 Å². The number of nitrogens with zero attached hydrogens (tertiary/aromatic N) is 1. The summed E-state index contributed by atoms with van der Waals surface area (Å²) in [4.78, 5) is 24.9. The molecule has 0 spiro atoms. The number of carbonyl (C=O) groups excluding carboxylic acids is 2. The number of esters is 1. The number of amides is 1. The summed E-state index contributed by atoms with van der Waals surface area (Å²) in [5, 5.41) is 0. The fraction of sp³-hybridized carbons (Fsp3) is 0.429. The van der Waals surface area contributed by atoms with Crippen LogP contribution in [0.15, 0.2) is 24.3 Å². The van der Waals surface area contributed by atoms with E-state index in [9.17, 15) is 9.59 Å². The van der Waals surface area contributed by atoms with Gasteiger partial charge in [-0.05, 0) is 11.6 Å². The summed E-state index contributed by atoms with van der Waals surface area (Å²) >= 11 is 0. The smallest absolute Gasteiger partial charge is 0.306 e. The highest BCUT2D eigenvalue weighted by Crippen LogP contribution is 2.35. The second kappa shape index (κ2) is 5.21. The van der Waals surface area contributed by atoms with Gasteiger partial charge < -0.3 is 9.64 Å². The molecule has 0 N–H and O–H groups in total. The number of hydrogen-bond acceptors (Lipinski definition) is 3. The van der Waals surface area contributed by atoms with Gasteiger partial charge in [-0.3, -0.25) is 9.59 Å².